The molecule has 0 saturated heterocycles. The van der Waals surface area contributed by atoms with Crippen molar-refractivity contribution in [2.24, 2.45) is 11.8 Å². The highest BCUT2D eigenvalue weighted by molar-refractivity contribution is 5.28. The Bertz CT molecular complexity index is 424. The third-order valence-corrected chi connectivity index (χ3v) is 4.48. The molecule has 4 unspecified atom stereocenters. The van der Waals surface area contributed by atoms with E-state index in [0.29, 0.717) is 17.9 Å². The van der Waals surface area contributed by atoms with Gasteiger partial charge in [-0.15, -0.1) is 0 Å². The summed E-state index contributed by atoms with van der Waals surface area (Å²) in [6.07, 6.45) is 3.13. The predicted octanol–water partition coefficient (Wildman–Crippen LogP) is 2.51. The first-order valence-electron chi connectivity index (χ1n) is 6.89. The molecule has 0 aromatic carbocycles. The van der Waals surface area contributed by atoms with Gasteiger partial charge in [0.05, 0.1) is 11.8 Å². The van der Waals surface area contributed by atoms with Crippen LogP contribution in [-0.4, -0.2) is 21.0 Å². The van der Waals surface area contributed by atoms with Crippen LogP contribution in [0.15, 0.2) is 6.07 Å². The molecule has 17 heavy (non-hydrogen) atoms. The molecule has 0 aliphatic heterocycles. The topological polar surface area (TPSA) is 38.0 Å². The Hall–Kier alpha value is -0.830. The Balaban J connectivity index is 1.90. The molecule has 2 saturated carbocycles. The normalized spacial score (nSPS) is 35.4. The lowest BCUT2D eigenvalue weighted by Crippen LogP contribution is -2.11. The summed E-state index contributed by atoms with van der Waals surface area (Å²) < 4.78 is 2.18. The monoisotopic (exact) mass is 234 g/mol. The van der Waals surface area contributed by atoms with Crippen LogP contribution in [0.4, 0.5) is 0 Å². The van der Waals surface area contributed by atoms with Crippen molar-refractivity contribution in [1.29, 1.82) is 0 Å². The molecule has 1 aromatic rings. The molecule has 1 heterocycles. The zero-order chi connectivity index (χ0) is 12.2. The van der Waals surface area contributed by atoms with Crippen LogP contribution in [0.5, 0.6) is 0 Å². The van der Waals surface area contributed by atoms with E-state index in [1.807, 2.05) is 0 Å². The van der Waals surface area contributed by atoms with Gasteiger partial charge in [0.1, 0.15) is 0 Å². The van der Waals surface area contributed by atoms with Crippen molar-refractivity contribution in [3.63, 3.8) is 0 Å². The summed E-state index contributed by atoms with van der Waals surface area (Å²) in [7, 11) is 0. The lowest BCUT2D eigenvalue weighted by atomic mass is 10.1. The maximum Gasteiger partial charge on any atom is 0.0625 e. The third-order valence-electron chi connectivity index (χ3n) is 4.48. The van der Waals surface area contributed by atoms with E-state index >= 15 is 0 Å². The molecule has 3 heteroatoms. The van der Waals surface area contributed by atoms with E-state index in [0.717, 1.165) is 18.8 Å². The van der Waals surface area contributed by atoms with E-state index in [2.05, 4.69) is 36.6 Å². The summed E-state index contributed by atoms with van der Waals surface area (Å²) in [4.78, 5) is 0. The van der Waals surface area contributed by atoms with E-state index in [-0.39, 0.29) is 6.10 Å². The molecule has 2 aliphatic carbocycles. The summed E-state index contributed by atoms with van der Waals surface area (Å²) in [5.41, 5.74) is 2.55. The van der Waals surface area contributed by atoms with Gasteiger partial charge in [-0.05, 0) is 51.0 Å². The number of aliphatic hydroxyl groups excluding tert-OH is 1. The summed E-state index contributed by atoms with van der Waals surface area (Å²) in [5.74, 6) is 1.83. The number of hydrogen-bond acceptors (Lipinski definition) is 2. The summed E-state index contributed by atoms with van der Waals surface area (Å²) >= 11 is 0. The highest BCUT2D eigenvalue weighted by Crippen LogP contribution is 2.63. The van der Waals surface area contributed by atoms with Crippen molar-refractivity contribution in [2.75, 3.05) is 0 Å². The fraction of sp³-hybridized carbons (Fsp3) is 0.786. The van der Waals surface area contributed by atoms with Gasteiger partial charge in [0.2, 0.25) is 0 Å². The summed E-state index contributed by atoms with van der Waals surface area (Å²) in [5, 5.41) is 14.6. The van der Waals surface area contributed by atoms with Crippen LogP contribution in [0, 0.1) is 11.8 Å². The Morgan fingerprint density at radius 1 is 1.47 bits per heavy atom. The smallest absolute Gasteiger partial charge is 0.0625 e. The standard InChI is InChI=1S/C14H22N2O/c1-4-9-7-11(16(15-9)8(2)3)13-10-5-6-12(17)14(10)13/h7-8,10,12-14,17H,4-6H2,1-3H3. The molecule has 1 N–H and O–H groups in total. The molecule has 0 radical (unpaired) electrons. The Kier molecular flexibility index (Phi) is 2.54. The molecule has 3 rings (SSSR count). The second kappa shape index (κ2) is 3.84. The van der Waals surface area contributed by atoms with Gasteiger partial charge in [-0.1, -0.05) is 6.92 Å². The fourth-order valence-corrected chi connectivity index (χ4v) is 3.57. The van der Waals surface area contributed by atoms with Gasteiger partial charge in [0.25, 0.3) is 0 Å². The minimum Gasteiger partial charge on any atom is -0.393 e. The first-order valence-corrected chi connectivity index (χ1v) is 6.89. The second-order valence-corrected chi connectivity index (χ2v) is 5.86. The SMILES string of the molecule is CCc1cc(C2C3CCC(O)C32)n(C(C)C)n1. The third kappa shape index (κ3) is 1.63. The van der Waals surface area contributed by atoms with Crippen molar-refractivity contribution in [3.05, 3.63) is 17.5 Å². The van der Waals surface area contributed by atoms with Crippen molar-refractivity contribution in [1.82, 2.24) is 9.78 Å². The first kappa shape index (κ1) is 11.3. The molecule has 0 spiro atoms. The van der Waals surface area contributed by atoms with Gasteiger partial charge in [-0.3, -0.25) is 4.68 Å². The van der Waals surface area contributed by atoms with Crippen LogP contribution < -0.4 is 0 Å². The average molecular weight is 234 g/mol. The van der Waals surface area contributed by atoms with E-state index in [9.17, 15) is 5.11 Å². The number of aromatic nitrogens is 2. The number of aryl methyl sites for hydroxylation is 1. The van der Waals surface area contributed by atoms with Gasteiger partial charge in [-0.2, -0.15) is 5.10 Å². The van der Waals surface area contributed by atoms with Crippen LogP contribution in [0.1, 0.15) is 57.0 Å². The fourth-order valence-electron chi connectivity index (χ4n) is 3.57. The molecule has 1 aromatic heterocycles. The quantitative estimate of drug-likeness (QED) is 0.872. The minimum atomic E-state index is -0.0643. The Morgan fingerprint density at radius 3 is 2.76 bits per heavy atom. The highest BCUT2D eigenvalue weighted by Gasteiger charge is 2.59. The maximum atomic E-state index is 9.93. The number of hydrogen-bond donors (Lipinski definition) is 1. The number of fused-ring (bicyclic) bond motifs is 1. The van der Waals surface area contributed by atoms with Crippen LogP contribution in [0.25, 0.3) is 0 Å². The van der Waals surface area contributed by atoms with Crippen LogP contribution >= 0.6 is 0 Å². The van der Waals surface area contributed by atoms with Crippen LogP contribution in [-0.2, 0) is 6.42 Å². The van der Waals surface area contributed by atoms with Crippen molar-refractivity contribution in [2.45, 2.75) is 58.1 Å². The zero-order valence-corrected chi connectivity index (χ0v) is 10.9. The Morgan fingerprint density at radius 2 is 2.24 bits per heavy atom. The van der Waals surface area contributed by atoms with E-state index < -0.39 is 0 Å². The lowest BCUT2D eigenvalue weighted by Gasteiger charge is -2.13. The van der Waals surface area contributed by atoms with Gasteiger partial charge >= 0.3 is 0 Å². The van der Waals surface area contributed by atoms with Gasteiger partial charge < -0.3 is 5.11 Å². The van der Waals surface area contributed by atoms with Gasteiger partial charge in [0.15, 0.2) is 0 Å². The van der Waals surface area contributed by atoms with Crippen LogP contribution in [0.2, 0.25) is 0 Å². The first-order chi connectivity index (χ1) is 8.13. The van der Waals surface area contributed by atoms with Gasteiger partial charge in [-0.25, -0.2) is 0 Å². The van der Waals surface area contributed by atoms with E-state index in [1.165, 1.54) is 17.8 Å². The summed E-state index contributed by atoms with van der Waals surface area (Å²) in [6, 6.07) is 2.68. The van der Waals surface area contributed by atoms with Crippen molar-refractivity contribution >= 4 is 0 Å². The average Bonchev–Trinajstić information content (AvgIpc) is 2.67. The van der Waals surface area contributed by atoms with Crippen molar-refractivity contribution in [3.8, 4) is 0 Å². The minimum absolute atomic E-state index is 0.0643. The molecular weight excluding hydrogens is 212 g/mol. The number of rotatable bonds is 3. The molecule has 2 fully saturated rings. The largest absolute Gasteiger partial charge is 0.393 e. The molecule has 3 nitrogen and oxygen atoms in total. The Labute approximate surface area is 103 Å². The summed E-state index contributed by atoms with van der Waals surface area (Å²) in [6.45, 7) is 6.52. The molecule has 0 amide bonds. The zero-order valence-electron chi connectivity index (χ0n) is 10.9. The molecular formula is C14H22N2O. The lowest BCUT2D eigenvalue weighted by molar-refractivity contribution is 0.155. The number of nitrogens with zero attached hydrogens (tertiary/aromatic N) is 2. The molecule has 4 atom stereocenters. The van der Waals surface area contributed by atoms with Crippen LogP contribution in [0.3, 0.4) is 0 Å². The van der Waals surface area contributed by atoms with E-state index in [4.69, 9.17) is 0 Å². The molecule has 94 valence electrons. The maximum absolute atomic E-state index is 9.93. The molecule has 0 bridgehead atoms. The molecule has 2 aliphatic rings. The van der Waals surface area contributed by atoms with E-state index in [1.54, 1.807) is 0 Å². The van der Waals surface area contributed by atoms with Gasteiger partial charge in [0, 0.05) is 17.7 Å². The van der Waals surface area contributed by atoms with Crippen molar-refractivity contribution < 1.29 is 5.11 Å². The highest BCUT2D eigenvalue weighted by atomic mass is 16.3. The predicted molar refractivity (Wildman–Crippen MR) is 67.0 cm³/mol. The number of aliphatic hydroxyl groups is 1. The second-order valence-electron chi connectivity index (χ2n) is 5.86.